The zero-order chi connectivity index (χ0) is 15.6. The molecule has 2 aromatic rings. The van der Waals surface area contributed by atoms with Crippen LogP contribution in [0.5, 0.6) is 11.6 Å². The van der Waals surface area contributed by atoms with Crippen molar-refractivity contribution < 1.29 is 17.9 Å². The van der Waals surface area contributed by atoms with Crippen LogP contribution in [0.1, 0.15) is 17.0 Å². The molecule has 3 N–H and O–H groups in total. The van der Waals surface area contributed by atoms with E-state index in [-0.39, 0.29) is 11.6 Å². The Morgan fingerprint density at radius 1 is 1.19 bits per heavy atom. The molecule has 0 aliphatic heterocycles. The fourth-order valence-electron chi connectivity index (χ4n) is 1.69. The average Bonchev–Trinajstić information content (AvgIpc) is 2.42. The van der Waals surface area contributed by atoms with Gasteiger partial charge in [-0.25, -0.2) is 10.8 Å². The van der Waals surface area contributed by atoms with Gasteiger partial charge in [-0.3, -0.25) is 0 Å². The van der Waals surface area contributed by atoms with Gasteiger partial charge < -0.3 is 10.2 Å². The van der Waals surface area contributed by atoms with E-state index in [4.69, 9.17) is 10.6 Å². The molecule has 0 aliphatic carbocycles. The summed E-state index contributed by atoms with van der Waals surface area (Å²) in [5, 5.41) is 0. The second-order valence-electron chi connectivity index (χ2n) is 4.32. The summed E-state index contributed by atoms with van der Waals surface area (Å²) in [5.41, 5.74) is 2.10. The topological polar surface area (TPSA) is 73.1 Å². The predicted octanol–water partition coefficient (Wildman–Crippen LogP) is 3.19. The van der Waals surface area contributed by atoms with Crippen molar-refractivity contribution in [3.05, 3.63) is 41.2 Å². The van der Waals surface area contributed by atoms with Crippen molar-refractivity contribution in [3.8, 4) is 11.6 Å². The van der Waals surface area contributed by atoms with Crippen molar-refractivity contribution in [2.24, 2.45) is 5.84 Å². The largest absolute Gasteiger partial charge is 0.439 e. The number of hydrogen-bond acceptors (Lipinski definition) is 5. The normalized spacial score (nSPS) is 11.3. The molecule has 0 saturated heterocycles. The molecule has 5 nitrogen and oxygen atoms in total. The molecule has 1 heterocycles. The lowest BCUT2D eigenvalue weighted by Gasteiger charge is -2.13. The molecule has 112 valence electrons. The van der Waals surface area contributed by atoms with E-state index >= 15 is 0 Å². The van der Waals surface area contributed by atoms with Gasteiger partial charge in [0, 0.05) is 0 Å². The molecule has 2 rings (SSSR count). The molecule has 0 amide bonds. The first-order valence-corrected chi connectivity index (χ1v) is 5.98. The molecule has 8 heteroatoms. The summed E-state index contributed by atoms with van der Waals surface area (Å²) >= 11 is 0. The summed E-state index contributed by atoms with van der Waals surface area (Å²) in [4.78, 5) is 8.10. The van der Waals surface area contributed by atoms with Crippen LogP contribution in [0.4, 0.5) is 19.0 Å². The summed E-state index contributed by atoms with van der Waals surface area (Å²) in [5.74, 6) is 6.24. The maximum absolute atomic E-state index is 12.7. The van der Waals surface area contributed by atoms with Crippen molar-refractivity contribution in [2.75, 3.05) is 5.43 Å². The lowest BCUT2D eigenvalue weighted by molar-refractivity contribution is -0.137. The van der Waals surface area contributed by atoms with Crippen LogP contribution >= 0.6 is 0 Å². The van der Waals surface area contributed by atoms with Crippen LogP contribution in [0.25, 0.3) is 0 Å². The minimum atomic E-state index is -4.43. The second kappa shape index (κ2) is 5.57. The fourth-order valence-corrected chi connectivity index (χ4v) is 1.69. The summed E-state index contributed by atoms with van der Waals surface area (Å²) in [7, 11) is 0. The zero-order valence-corrected chi connectivity index (χ0v) is 11.3. The zero-order valence-electron chi connectivity index (χ0n) is 11.3. The van der Waals surface area contributed by atoms with Gasteiger partial charge in [0.2, 0.25) is 5.88 Å². The van der Waals surface area contributed by atoms with Crippen molar-refractivity contribution in [1.82, 2.24) is 9.97 Å². The van der Waals surface area contributed by atoms with E-state index in [1.807, 2.05) is 0 Å². The summed E-state index contributed by atoms with van der Waals surface area (Å²) in [6.45, 7) is 3.27. The van der Waals surface area contributed by atoms with Crippen LogP contribution in [-0.2, 0) is 6.18 Å². The Hall–Kier alpha value is -2.35. The maximum atomic E-state index is 12.7. The standard InChI is InChI=1S/C13H13F3N4O/c1-7-11(20-17)18-8(2)19-12(7)21-10-5-3-4-9(6-10)13(14,15)16/h3-6H,17H2,1-2H3,(H,18,19,20). The van der Waals surface area contributed by atoms with E-state index in [1.54, 1.807) is 13.8 Å². The van der Waals surface area contributed by atoms with Crippen molar-refractivity contribution >= 4 is 5.82 Å². The van der Waals surface area contributed by atoms with Gasteiger partial charge in [-0.2, -0.15) is 18.2 Å². The third kappa shape index (κ3) is 3.40. The average molecular weight is 298 g/mol. The van der Waals surface area contributed by atoms with Crippen LogP contribution in [0.3, 0.4) is 0 Å². The van der Waals surface area contributed by atoms with E-state index in [1.165, 1.54) is 12.1 Å². The molecule has 0 unspecified atom stereocenters. The third-order valence-electron chi connectivity index (χ3n) is 2.73. The lowest BCUT2D eigenvalue weighted by atomic mass is 10.2. The predicted molar refractivity (Wildman–Crippen MR) is 70.8 cm³/mol. The number of hydrogen-bond donors (Lipinski definition) is 2. The molecular formula is C13H13F3N4O. The quantitative estimate of drug-likeness (QED) is 0.672. The van der Waals surface area contributed by atoms with E-state index < -0.39 is 11.7 Å². The Kier molecular flexibility index (Phi) is 3.99. The van der Waals surface area contributed by atoms with Crippen LogP contribution < -0.4 is 16.0 Å². The van der Waals surface area contributed by atoms with Gasteiger partial charge in [0.1, 0.15) is 17.4 Å². The fraction of sp³-hybridized carbons (Fsp3) is 0.231. The molecule has 0 bridgehead atoms. The van der Waals surface area contributed by atoms with Crippen LogP contribution in [-0.4, -0.2) is 9.97 Å². The molecule has 0 radical (unpaired) electrons. The van der Waals surface area contributed by atoms with Crippen LogP contribution in [0, 0.1) is 13.8 Å². The van der Waals surface area contributed by atoms with Gasteiger partial charge in [-0.15, -0.1) is 0 Å². The number of benzene rings is 1. The third-order valence-corrected chi connectivity index (χ3v) is 2.73. The van der Waals surface area contributed by atoms with Gasteiger partial charge in [0.15, 0.2) is 0 Å². The number of nitrogens with one attached hydrogen (secondary N) is 1. The summed E-state index contributed by atoms with van der Waals surface area (Å²) in [6.07, 6.45) is -4.43. The van der Waals surface area contributed by atoms with Crippen LogP contribution in [0.15, 0.2) is 24.3 Å². The maximum Gasteiger partial charge on any atom is 0.416 e. The Morgan fingerprint density at radius 3 is 2.52 bits per heavy atom. The molecule has 0 spiro atoms. The Labute approximate surface area is 118 Å². The molecule has 0 fully saturated rings. The lowest BCUT2D eigenvalue weighted by Crippen LogP contribution is -2.12. The second-order valence-corrected chi connectivity index (χ2v) is 4.32. The minimum Gasteiger partial charge on any atom is -0.439 e. The SMILES string of the molecule is Cc1nc(NN)c(C)c(Oc2cccc(C(F)(F)F)c2)n1. The van der Waals surface area contributed by atoms with E-state index in [9.17, 15) is 13.2 Å². The van der Waals surface area contributed by atoms with Crippen molar-refractivity contribution in [1.29, 1.82) is 0 Å². The summed E-state index contributed by atoms with van der Waals surface area (Å²) in [6, 6.07) is 4.57. The first-order chi connectivity index (χ1) is 9.81. The Bertz CT molecular complexity index is 658. The van der Waals surface area contributed by atoms with E-state index in [2.05, 4.69) is 15.4 Å². The molecule has 0 aliphatic rings. The molecule has 1 aromatic heterocycles. The van der Waals surface area contributed by atoms with E-state index in [0.29, 0.717) is 17.2 Å². The van der Waals surface area contributed by atoms with Gasteiger partial charge in [0.25, 0.3) is 0 Å². The number of halogens is 3. The highest BCUT2D eigenvalue weighted by atomic mass is 19.4. The molecule has 0 atom stereocenters. The number of aromatic nitrogens is 2. The Morgan fingerprint density at radius 2 is 1.90 bits per heavy atom. The highest BCUT2D eigenvalue weighted by molar-refractivity contribution is 5.48. The smallest absolute Gasteiger partial charge is 0.416 e. The summed E-state index contributed by atoms with van der Waals surface area (Å²) < 4.78 is 43.4. The molecule has 0 saturated carbocycles. The number of nitrogens with two attached hydrogens (primary N) is 1. The first kappa shape index (κ1) is 15.0. The number of hydrazine groups is 1. The highest BCUT2D eigenvalue weighted by Crippen LogP contribution is 2.33. The Balaban J connectivity index is 2.37. The number of aryl methyl sites for hydroxylation is 1. The molecular weight excluding hydrogens is 285 g/mol. The number of nitrogen functional groups attached to an aromatic ring is 1. The number of anilines is 1. The number of rotatable bonds is 3. The molecule has 1 aromatic carbocycles. The number of alkyl halides is 3. The minimum absolute atomic E-state index is 0.0361. The van der Waals surface area contributed by atoms with Crippen molar-refractivity contribution in [3.63, 3.8) is 0 Å². The highest BCUT2D eigenvalue weighted by Gasteiger charge is 2.30. The van der Waals surface area contributed by atoms with Gasteiger partial charge in [0.05, 0.1) is 11.1 Å². The van der Waals surface area contributed by atoms with Gasteiger partial charge in [-0.1, -0.05) is 6.07 Å². The molecule has 21 heavy (non-hydrogen) atoms. The van der Waals surface area contributed by atoms with Gasteiger partial charge in [-0.05, 0) is 32.0 Å². The van der Waals surface area contributed by atoms with E-state index in [0.717, 1.165) is 12.1 Å². The monoisotopic (exact) mass is 298 g/mol. The number of ether oxygens (including phenoxy) is 1. The van der Waals surface area contributed by atoms with Crippen molar-refractivity contribution in [2.45, 2.75) is 20.0 Å². The first-order valence-electron chi connectivity index (χ1n) is 5.98. The number of nitrogens with zero attached hydrogens (tertiary/aromatic N) is 2. The van der Waals surface area contributed by atoms with Gasteiger partial charge >= 0.3 is 6.18 Å². The van der Waals surface area contributed by atoms with Crippen LogP contribution in [0.2, 0.25) is 0 Å².